The Hall–Kier alpha value is -2.78. The Bertz CT molecular complexity index is 906. The number of alkyl carbamates (subject to hydrolysis) is 1. The minimum atomic E-state index is -0.534. The summed E-state index contributed by atoms with van der Waals surface area (Å²) in [6.45, 7) is 10.7. The van der Waals surface area contributed by atoms with E-state index in [1.165, 1.54) is 0 Å². The van der Waals surface area contributed by atoms with Gasteiger partial charge in [-0.1, -0.05) is 0 Å². The van der Waals surface area contributed by atoms with Crippen molar-refractivity contribution >= 4 is 11.8 Å². The SMILES string of the molecule is CCOCc1nc2c([nH]1)CN(CCCO)c1ccc(OCCNC(=O)OC(C)(C)C)cc1-2. The number of ether oxygens (including phenoxy) is 3. The van der Waals surface area contributed by atoms with Crippen molar-refractivity contribution in [2.24, 2.45) is 0 Å². The molecule has 9 nitrogen and oxygen atoms in total. The van der Waals surface area contributed by atoms with Gasteiger partial charge < -0.3 is 34.5 Å². The lowest BCUT2D eigenvalue weighted by Crippen LogP contribution is -2.34. The van der Waals surface area contributed by atoms with Crippen molar-refractivity contribution in [2.45, 2.75) is 52.9 Å². The van der Waals surface area contributed by atoms with Gasteiger partial charge in [0.25, 0.3) is 0 Å². The third kappa shape index (κ3) is 6.37. The molecular formula is C23H34N4O5. The molecule has 2 aromatic rings. The molecule has 1 aliphatic rings. The van der Waals surface area contributed by atoms with Gasteiger partial charge in [-0.3, -0.25) is 0 Å². The molecule has 3 rings (SSSR count). The molecule has 0 unspecified atom stereocenters. The predicted molar refractivity (Wildman–Crippen MR) is 122 cm³/mol. The average Bonchev–Trinajstić information content (AvgIpc) is 3.15. The highest BCUT2D eigenvalue weighted by atomic mass is 16.6. The summed E-state index contributed by atoms with van der Waals surface area (Å²) in [5.74, 6) is 1.48. The maximum atomic E-state index is 11.8. The minimum Gasteiger partial charge on any atom is -0.492 e. The number of aliphatic hydroxyl groups excluding tert-OH is 1. The van der Waals surface area contributed by atoms with Crippen LogP contribution in [0, 0.1) is 0 Å². The van der Waals surface area contributed by atoms with Gasteiger partial charge in [0.1, 0.15) is 30.4 Å². The van der Waals surface area contributed by atoms with Crippen molar-refractivity contribution in [3.05, 3.63) is 29.7 Å². The number of imidazole rings is 1. The van der Waals surface area contributed by atoms with Crippen LogP contribution in [0.5, 0.6) is 5.75 Å². The number of fused-ring (bicyclic) bond motifs is 3. The number of nitrogens with zero attached hydrogens (tertiary/aromatic N) is 2. The normalized spacial score (nSPS) is 12.8. The van der Waals surface area contributed by atoms with E-state index in [0.29, 0.717) is 45.1 Å². The molecule has 0 spiro atoms. The van der Waals surface area contributed by atoms with E-state index in [1.54, 1.807) is 0 Å². The monoisotopic (exact) mass is 446 g/mol. The van der Waals surface area contributed by atoms with E-state index in [9.17, 15) is 9.90 Å². The summed E-state index contributed by atoms with van der Waals surface area (Å²) in [7, 11) is 0. The fourth-order valence-electron chi connectivity index (χ4n) is 3.51. The number of nitrogens with one attached hydrogen (secondary N) is 2. The number of carbonyl (C=O) groups is 1. The number of amides is 1. The summed E-state index contributed by atoms with van der Waals surface area (Å²) in [5.41, 5.74) is 3.41. The molecule has 32 heavy (non-hydrogen) atoms. The number of aromatic amines is 1. The molecule has 9 heteroatoms. The second-order valence-electron chi connectivity index (χ2n) is 8.60. The van der Waals surface area contributed by atoms with Gasteiger partial charge in [-0.05, 0) is 52.3 Å². The van der Waals surface area contributed by atoms with Crippen LogP contribution in [0.3, 0.4) is 0 Å². The lowest BCUT2D eigenvalue weighted by atomic mass is 10.0. The molecule has 0 saturated carbocycles. The molecule has 176 valence electrons. The van der Waals surface area contributed by atoms with Gasteiger partial charge in [0.2, 0.25) is 0 Å². The molecule has 1 aliphatic heterocycles. The van der Waals surface area contributed by atoms with E-state index in [4.69, 9.17) is 19.2 Å². The topological polar surface area (TPSA) is 109 Å². The smallest absolute Gasteiger partial charge is 0.407 e. The maximum Gasteiger partial charge on any atom is 0.407 e. The third-order valence-electron chi connectivity index (χ3n) is 4.81. The lowest BCUT2D eigenvalue weighted by Gasteiger charge is -2.30. The maximum absolute atomic E-state index is 11.8. The Morgan fingerprint density at radius 2 is 2.16 bits per heavy atom. The molecule has 1 amide bonds. The molecule has 0 atom stereocenters. The summed E-state index contributed by atoms with van der Waals surface area (Å²) in [6, 6.07) is 5.90. The first-order valence-corrected chi connectivity index (χ1v) is 11.1. The van der Waals surface area contributed by atoms with Crippen LogP contribution in [-0.4, -0.2) is 59.7 Å². The van der Waals surface area contributed by atoms with Crippen molar-refractivity contribution in [1.82, 2.24) is 15.3 Å². The largest absolute Gasteiger partial charge is 0.492 e. The molecule has 0 radical (unpaired) electrons. The number of aliphatic hydroxyl groups is 1. The van der Waals surface area contributed by atoms with Crippen molar-refractivity contribution in [3.8, 4) is 17.0 Å². The van der Waals surface area contributed by atoms with Gasteiger partial charge in [-0.25, -0.2) is 9.78 Å². The van der Waals surface area contributed by atoms with Crippen LogP contribution in [0.4, 0.5) is 10.5 Å². The number of carbonyl (C=O) groups excluding carboxylic acids is 1. The fourth-order valence-corrected chi connectivity index (χ4v) is 3.51. The Balaban J connectivity index is 1.70. The summed E-state index contributed by atoms with van der Waals surface area (Å²) >= 11 is 0. The first-order chi connectivity index (χ1) is 15.3. The molecule has 0 aliphatic carbocycles. The van der Waals surface area contributed by atoms with E-state index in [0.717, 1.165) is 35.0 Å². The van der Waals surface area contributed by atoms with Gasteiger partial charge in [0, 0.05) is 31.0 Å². The highest BCUT2D eigenvalue weighted by Crippen LogP contribution is 2.40. The van der Waals surface area contributed by atoms with Gasteiger partial charge in [-0.2, -0.15) is 0 Å². The van der Waals surface area contributed by atoms with Gasteiger partial charge >= 0.3 is 6.09 Å². The van der Waals surface area contributed by atoms with Crippen molar-refractivity contribution in [1.29, 1.82) is 0 Å². The zero-order valence-electron chi connectivity index (χ0n) is 19.4. The number of benzene rings is 1. The number of hydrogen-bond donors (Lipinski definition) is 3. The summed E-state index contributed by atoms with van der Waals surface area (Å²) in [4.78, 5) is 22.1. The third-order valence-corrected chi connectivity index (χ3v) is 4.81. The predicted octanol–water partition coefficient (Wildman–Crippen LogP) is 3.22. The van der Waals surface area contributed by atoms with Crippen LogP contribution in [-0.2, 0) is 22.6 Å². The average molecular weight is 447 g/mol. The highest BCUT2D eigenvalue weighted by molar-refractivity contribution is 5.82. The summed E-state index contributed by atoms with van der Waals surface area (Å²) < 4.78 is 16.6. The van der Waals surface area contributed by atoms with Crippen molar-refractivity contribution in [3.63, 3.8) is 0 Å². The highest BCUT2D eigenvalue weighted by Gasteiger charge is 2.26. The van der Waals surface area contributed by atoms with E-state index >= 15 is 0 Å². The van der Waals surface area contributed by atoms with Gasteiger partial charge in [-0.15, -0.1) is 0 Å². The second kappa shape index (κ2) is 10.7. The first kappa shape index (κ1) is 23.9. The minimum absolute atomic E-state index is 0.142. The van der Waals surface area contributed by atoms with Crippen molar-refractivity contribution < 1.29 is 24.1 Å². The Labute approximate surface area is 189 Å². The Morgan fingerprint density at radius 1 is 1.34 bits per heavy atom. The molecule has 1 aromatic carbocycles. The van der Waals surface area contributed by atoms with Gasteiger partial charge in [0.15, 0.2) is 0 Å². The van der Waals surface area contributed by atoms with Crippen LogP contribution < -0.4 is 15.0 Å². The zero-order chi connectivity index (χ0) is 23.1. The Morgan fingerprint density at radius 3 is 2.88 bits per heavy atom. The quantitative estimate of drug-likeness (QED) is 0.481. The molecule has 1 aromatic heterocycles. The fraction of sp³-hybridized carbons (Fsp3) is 0.565. The molecule has 0 saturated heterocycles. The van der Waals surface area contributed by atoms with Crippen LogP contribution in [0.25, 0.3) is 11.3 Å². The number of aromatic nitrogens is 2. The van der Waals surface area contributed by atoms with Crippen LogP contribution in [0.1, 0.15) is 45.6 Å². The number of H-pyrrole nitrogens is 1. The molecular weight excluding hydrogens is 412 g/mol. The summed E-state index contributed by atoms with van der Waals surface area (Å²) in [6.07, 6.45) is 0.220. The standard InChI is InChI=1S/C23H34N4O5/c1-5-30-15-20-25-18-14-27(10-6-11-28)19-8-7-16(13-17(19)21(18)26-20)31-12-9-24-22(29)32-23(2,3)4/h7-8,13,28H,5-6,9-12,14-15H2,1-4H3,(H,24,29)(H,25,26). The van der Waals surface area contributed by atoms with Gasteiger partial charge in [0.05, 0.1) is 24.5 Å². The Kier molecular flexibility index (Phi) is 7.98. The zero-order valence-corrected chi connectivity index (χ0v) is 19.4. The van der Waals surface area contributed by atoms with E-state index in [1.807, 2.05) is 45.9 Å². The second-order valence-corrected chi connectivity index (χ2v) is 8.60. The number of hydrogen-bond acceptors (Lipinski definition) is 7. The molecule has 2 heterocycles. The lowest BCUT2D eigenvalue weighted by molar-refractivity contribution is 0.0520. The molecule has 3 N–H and O–H groups in total. The van der Waals surface area contributed by atoms with E-state index in [2.05, 4.69) is 15.2 Å². The number of rotatable bonds is 10. The number of anilines is 1. The van der Waals surface area contributed by atoms with Crippen molar-refractivity contribution in [2.75, 3.05) is 37.8 Å². The van der Waals surface area contributed by atoms with Crippen LogP contribution >= 0.6 is 0 Å². The van der Waals surface area contributed by atoms with Crippen LogP contribution in [0.2, 0.25) is 0 Å². The first-order valence-electron chi connectivity index (χ1n) is 11.1. The molecule has 0 fully saturated rings. The van der Waals surface area contributed by atoms with E-state index in [-0.39, 0.29) is 6.61 Å². The molecule has 0 bridgehead atoms. The van der Waals surface area contributed by atoms with E-state index < -0.39 is 11.7 Å². The van der Waals surface area contributed by atoms with Crippen LogP contribution in [0.15, 0.2) is 18.2 Å². The summed E-state index contributed by atoms with van der Waals surface area (Å²) in [5, 5.41) is 12.0.